The van der Waals surface area contributed by atoms with Crippen molar-refractivity contribution in [2.75, 3.05) is 13.2 Å². The Morgan fingerprint density at radius 3 is 1.61 bits per heavy atom. The highest BCUT2D eigenvalue weighted by Crippen LogP contribution is 2.57. The molecule has 0 N–H and O–H groups in total. The number of esters is 7. The molecule has 9 fully saturated rings. The van der Waals surface area contributed by atoms with Crippen LogP contribution in [0.3, 0.4) is 0 Å². The van der Waals surface area contributed by atoms with Gasteiger partial charge in [0.05, 0.1) is 12.5 Å². The Kier molecular flexibility index (Phi) is 23.8. The van der Waals surface area contributed by atoms with Crippen molar-refractivity contribution in [1.29, 1.82) is 0 Å². The van der Waals surface area contributed by atoms with Gasteiger partial charge in [-0.25, -0.2) is 37.5 Å². The summed E-state index contributed by atoms with van der Waals surface area (Å²) in [4.78, 5) is 79.1. The summed E-state index contributed by atoms with van der Waals surface area (Å²) in [5, 5.41) is 0. The van der Waals surface area contributed by atoms with E-state index in [1.54, 1.807) is 13.8 Å². The van der Waals surface area contributed by atoms with Gasteiger partial charge in [-0.1, -0.05) is 39.3 Å². The molecule has 74 heavy (non-hydrogen) atoms. The molecule has 2 aliphatic heterocycles. The highest BCUT2D eigenvalue weighted by atomic mass is 19.4. The Bertz CT molecular complexity index is 2050. The summed E-state index contributed by atoms with van der Waals surface area (Å²) in [7, 11) is 0. The van der Waals surface area contributed by atoms with Crippen LogP contribution in [-0.2, 0) is 66.7 Å². The zero-order chi connectivity index (χ0) is 55.9. The SMILES string of the molecule is C=C(C)C(=O)OC(C)C(F)(F)F.C=C(C)C(=O)OC12CC3CC(CC(C3)C1)C2.C=C(C)C(=O)OC1CCCCC1.C=C(C)C(=O)OCC(=O)OC1C2CC3CC(C2)C(=O)OC1C3.C=C(C)C(=O)OCCC(C)(F)F. The molecule has 0 aromatic rings. The Balaban J connectivity index is 0.000000251. The number of carbonyl (C=O) groups excluding carboxylic acids is 7. The fourth-order valence-electron chi connectivity index (χ4n) is 10.5. The summed E-state index contributed by atoms with van der Waals surface area (Å²) in [6.07, 6.45) is 8.84. The monoisotopic (exact) mass is 1060 g/mol. The maximum absolute atomic E-state index is 12.2. The van der Waals surface area contributed by atoms with Gasteiger partial charge in [0.1, 0.15) is 23.9 Å². The molecule has 19 heteroatoms. The number of carbonyl (C=O) groups is 7. The quantitative estimate of drug-likeness (QED) is 0.0693. The number of fused-ring (bicyclic) bond motifs is 1. The van der Waals surface area contributed by atoms with Crippen molar-refractivity contribution in [2.24, 2.45) is 35.5 Å². The summed E-state index contributed by atoms with van der Waals surface area (Å²) in [5.41, 5.74) is 1.33. The van der Waals surface area contributed by atoms with E-state index in [1.165, 1.54) is 59.3 Å². The van der Waals surface area contributed by atoms with E-state index in [-0.39, 0.29) is 70.9 Å². The second-order valence-electron chi connectivity index (χ2n) is 21.4. The van der Waals surface area contributed by atoms with Crippen molar-refractivity contribution in [3.05, 3.63) is 60.8 Å². The van der Waals surface area contributed by atoms with Crippen LogP contribution in [-0.4, -0.2) is 97.1 Å². The number of hydrogen-bond acceptors (Lipinski definition) is 14. The summed E-state index contributed by atoms with van der Waals surface area (Å²) < 4.78 is 94.8. The summed E-state index contributed by atoms with van der Waals surface area (Å²) in [6, 6.07) is 0. The Morgan fingerprint density at radius 1 is 0.635 bits per heavy atom. The standard InChI is InChI=1S/C16H20O6.C14H20O2.C10H16O2.C8H12F2O2.C7H9F3O2/c1-8(2)15(18)20-7-13(17)22-14-10-3-9-4-11(6-10)16(19)21-12(14)5-9;1-9(2)13(15)16-14-6-10-3-11(7-14)5-12(4-10)8-14;1-8(2)10(11)12-9-6-4-3-5-7-9;1-6(2)7(11)12-5-4-8(3,9)10;1-4(2)6(11)12-5(3)7(8,9)10/h9-12,14H,1,3-7H2,2H3;10-12H,1,3-8H2,2H3;9H,1,3-7H2,2H3;1,4-5H2,2-3H3;5H,1H2,2-3H3. The predicted octanol–water partition coefficient (Wildman–Crippen LogP) is 11.1. The minimum Gasteiger partial charge on any atom is -0.462 e. The Hall–Kier alpha value is -5.36. The molecule has 2 saturated heterocycles. The second kappa shape index (κ2) is 28.0. The van der Waals surface area contributed by atoms with Crippen LogP contribution >= 0.6 is 0 Å². The fraction of sp³-hybridized carbons (Fsp3) is 0.691. The average molecular weight is 1060 g/mol. The molecule has 2 heterocycles. The first-order chi connectivity index (χ1) is 34.3. The fourth-order valence-corrected chi connectivity index (χ4v) is 10.5. The van der Waals surface area contributed by atoms with E-state index in [4.69, 9.17) is 23.7 Å². The molecule has 416 valence electrons. The summed E-state index contributed by atoms with van der Waals surface area (Å²) in [5.74, 6) is -3.18. The first-order valence-electron chi connectivity index (χ1n) is 25.4. The second-order valence-corrected chi connectivity index (χ2v) is 21.4. The van der Waals surface area contributed by atoms with Crippen LogP contribution in [0.25, 0.3) is 0 Å². The lowest BCUT2D eigenvalue weighted by Gasteiger charge is -2.55. The van der Waals surface area contributed by atoms with Gasteiger partial charge in [-0.05, 0) is 162 Å². The minimum atomic E-state index is -4.51. The smallest absolute Gasteiger partial charge is 0.425 e. The lowest BCUT2D eigenvalue weighted by molar-refractivity contribution is -0.213. The largest absolute Gasteiger partial charge is 0.462 e. The third-order valence-electron chi connectivity index (χ3n) is 13.8. The van der Waals surface area contributed by atoms with Crippen LogP contribution in [0.15, 0.2) is 60.8 Å². The molecule has 0 radical (unpaired) electrons. The van der Waals surface area contributed by atoms with Crippen molar-refractivity contribution in [3.63, 3.8) is 0 Å². The van der Waals surface area contributed by atoms with Crippen LogP contribution in [0.2, 0.25) is 0 Å². The van der Waals surface area contributed by atoms with E-state index in [9.17, 15) is 55.5 Å². The van der Waals surface area contributed by atoms with Crippen LogP contribution in [0.1, 0.15) is 151 Å². The average Bonchev–Trinajstić information content (AvgIpc) is 3.45. The maximum atomic E-state index is 12.2. The van der Waals surface area contributed by atoms with Gasteiger partial charge in [-0.3, -0.25) is 4.79 Å². The van der Waals surface area contributed by atoms with Crippen LogP contribution in [0.5, 0.6) is 0 Å². The van der Waals surface area contributed by atoms with Gasteiger partial charge in [0.15, 0.2) is 12.7 Å². The Labute approximate surface area is 432 Å². The molecule has 0 aromatic carbocycles. The lowest BCUT2D eigenvalue weighted by Crippen LogP contribution is -2.52. The molecule has 0 amide bonds. The maximum Gasteiger partial charge on any atom is 0.425 e. The van der Waals surface area contributed by atoms with Crippen molar-refractivity contribution >= 4 is 41.8 Å². The van der Waals surface area contributed by atoms with Gasteiger partial charge in [0, 0.05) is 40.2 Å². The molecule has 14 nitrogen and oxygen atoms in total. The molecule has 9 rings (SSSR count). The van der Waals surface area contributed by atoms with E-state index >= 15 is 0 Å². The highest BCUT2D eigenvalue weighted by molar-refractivity contribution is 5.89. The molecule has 7 saturated carbocycles. The van der Waals surface area contributed by atoms with Crippen LogP contribution in [0, 0.1) is 35.5 Å². The molecule has 0 spiro atoms. The van der Waals surface area contributed by atoms with Gasteiger partial charge >= 0.3 is 48.0 Å². The van der Waals surface area contributed by atoms with E-state index in [0.29, 0.717) is 17.1 Å². The first-order valence-corrected chi connectivity index (χ1v) is 25.4. The van der Waals surface area contributed by atoms with Crippen molar-refractivity contribution < 1.29 is 88.7 Å². The van der Waals surface area contributed by atoms with Gasteiger partial charge in [-0.15, -0.1) is 0 Å². The van der Waals surface area contributed by atoms with Crippen molar-refractivity contribution in [1.82, 2.24) is 0 Å². The lowest BCUT2D eigenvalue weighted by atomic mass is 9.54. The first kappa shape index (κ1) is 62.9. The molecule has 9 aliphatic rings. The zero-order valence-corrected chi connectivity index (χ0v) is 44.1. The summed E-state index contributed by atoms with van der Waals surface area (Å²) in [6.45, 7) is 25.6. The molecule has 7 aliphatic carbocycles. The molecular weight excluding hydrogens is 980 g/mol. The number of rotatable bonds is 14. The molecule has 0 aromatic heterocycles. The zero-order valence-electron chi connectivity index (χ0n) is 44.1. The number of halogens is 5. The predicted molar refractivity (Wildman–Crippen MR) is 261 cm³/mol. The van der Waals surface area contributed by atoms with E-state index in [1.807, 2.05) is 0 Å². The number of alkyl halides is 5. The highest BCUT2D eigenvalue weighted by Gasteiger charge is 2.54. The van der Waals surface area contributed by atoms with E-state index in [2.05, 4.69) is 42.4 Å². The van der Waals surface area contributed by atoms with Crippen molar-refractivity contribution in [3.8, 4) is 0 Å². The van der Waals surface area contributed by atoms with Crippen LogP contribution < -0.4 is 0 Å². The molecule has 6 atom stereocenters. The molecular formula is C55H77F5O14. The Morgan fingerprint density at radius 2 is 1.14 bits per heavy atom. The number of ether oxygens (including phenoxy) is 7. The van der Waals surface area contributed by atoms with Gasteiger partial charge < -0.3 is 33.2 Å². The third-order valence-corrected chi connectivity index (χ3v) is 13.8. The number of hydrogen-bond donors (Lipinski definition) is 0. The minimum absolute atomic E-state index is 0.0499. The van der Waals surface area contributed by atoms with E-state index < -0.39 is 61.2 Å². The summed E-state index contributed by atoms with van der Waals surface area (Å²) >= 11 is 0. The van der Waals surface area contributed by atoms with E-state index in [0.717, 1.165) is 89.4 Å². The topological polar surface area (TPSA) is 184 Å². The van der Waals surface area contributed by atoms with Crippen molar-refractivity contribution in [2.45, 2.75) is 193 Å². The molecule has 6 unspecified atom stereocenters. The molecule has 8 bridgehead atoms. The van der Waals surface area contributed by atoms with Crippen LogP contribution in [0.4, 0.5) is 22.0 Å². The normalized spacial score (nSPS) is 27.2. The van der Waals surface area contributed by atoms with Gasteiger partial charge in [-0.2, -0.15) is 13.2 Å². The van der Waals surface area contributed by atoms with Gasteiger partial charge in [0.25, 0.3) is 0 Å². The third kappa shape index (κ3) is 21.1. The van der Waals surface area contributed by atoms with Gasteiger partial charge in [0.2, 0.25) is 5.92 Å².